The van der Waals surface area contributed by atoms with Crippen LogP contribution >= 0.6 is 23.5 Å². The molecule has 0 saturated carbocycles. The molecule has 1 saturated heterocycles. The van der Waals surface area contributed by atoms with Gasteiger partial charge in [0, 0.05) is 29.7 Å². The van der Waals surface area contributed by atoms with E-state index in [1.165, 1.54) is 11.5 Å². The molecule has 1 aromatic rings. The average molecular weight is 259 g/mol. The van der Waals surface area contributed by atoms with E-state index in [0.717, 1.165) is 24.7 Å². The number of nitrogens with one attached hydrogen (secondary N) is 1. The molecule has 1 N–H and O–H groups in total. The van der Waals surface area contributed by atoms with Gasteiger partial charge in [-0.3, -0.25) is 0 Å². The Kier molecular flexibility index (Phi) is 4.55. The molecule has 1 aliphatic heterocycles. The van der Waals surface area contributed by atoms with Crippen LogP contribution in [0.4, 0.5) is 0 Å². The quantitative estimate of drug-likeness (QED) is 0.889. The summed E-state index contributed by atoms with van der Waals surface area (Å²) in [5.74, 6) is 4.02. The molecule has 1 aliphatic rings. The Balaban J connectivity index is 1.99. The Bertz CT molecular complexity index is 332. The van der Waals surface area contributed by atoms with Crippen LogP contribution in [0, 0.1) is 0 Å². The van der Waals surface area contributed by atoms with Gasteiger partial charge in [-0.25, -0.2) is 0 Å². The van der Waals surface area contributed by atoms with E-state index in [-0.39, 0.29) is 0 Å². The van der Waals surface area contributed by atoms with E-state index in [2.05, 4.69) is 22.4 Å². The lowest BCUT2D eigenvalue weighted by Gasteiger charge is -2.24. The second-order valence-electron chi connectivity index (χ2n) is 3.77. The molecular formula is C10H17N3OS2. The molecule has 2 heterocycles. The molecule has 2 atom stereocenters. The van der Waals surface area contributed by atoms with Crippen LogP contribution in [0.25, 0.3) is 0 Å². The number of likely N-dealkylation sites (N-methyl/N-ethyl adjacent to an activating group) is 1. The van der Waals surface area contributed by atoms with Gasteiger partial charge in [0.1, 0.15) is 0 Å². The SMILES string of the molecule is CNCCc1nc(C2SCCSC2C)no1. The highest BCUT2D eigenvalue weighted by Crippen LogP contribution is 2.40. The van der Waals surface area contributed by atoms with Gasteiger partial charge in [0.05, 0.1) is 5.25 Å². The van der Waals surface area contributed by atoms with Gasteiger partial charge >= 0.3 is 0 Å². The molecule has 0 radical (unpaired) electrons. The molecule has 0 bridgehead atoms. The van der Waals surface area contributed by atoms with Crippen molar-refractivity contribution in [2.24, 2.45) is 0 Å². The van der Waals surface area contributed by atoms with Crippen molar-refractivity contribution < 1.29 is 4.52 Å². The minimum Gasteiger partial charge on any atom is -0.339 e. The number of aromatic nitrogens is 2. The van der Waals surface area contributed by atoms with E-state index in [1.54, 1.807) is 0 Å². The zero-order chi connectivity index (χ0) is 11.4. The summed E-state index contributed by atoms with van der Waals surface area (Å²) >= 11 is 3.93. The van der Waals surface area contributed by atoms with E-state index in [0.29, 0.717) is 10.5 Å². The lowest BCUT2D eigenvalue weighted by molar-refractivity contribution is 0.371. The summed E-state index contributed by atoms with van der Waals surface area (Å²) < 4.78 is 5.24. The first kappa shape index (κ1) is 12.3. The summed E-state index contributed by atoms with van der Waals surface area (Å²) in [5, 5.41) is 8.14. The van der Waals surface area contributed by atoms with E-state index in [4.69, 9.17) is 4.52 Å². The summed E-state index contributed by atoms with van der Waals surface area (Å²) in [6.45, 7) is 3.12. The van der Waals surface area contributed by atoms with Crippen molar-refractivity contribution in [3.63, 3.8) is 0 Å². The number of nitrogens with zero attached hydrogens (tertiary/aromatic N) is 2. The van der Waals surface area contributed by atoms with Gasteiger partial charge in [0.25, 0.3) is 0 Å². The average Bonchev–Trinajstić information content (AvgIpc) is 2.75. The third kappa shape index (κ3) is 2.93. The normalized spacial score (nSPS) is 25.9. The van der Waals surface area contributed by atoms with Crippen LogP contribution in [0.2, 0.25) is 0 Å². The highest BCUT2D eigenvalue weighted by molar-refractivity contribution is 8.06. The maximum Gasteiger partial charge on any atom is 0.227 e. The smallest absolute Gasteiger partial charge is 0.227 e. The minimum atomic E-state index is 0.394. The molecule has 2 unspecified atom stereocenters. The molecule has 90 valence electrons. The molecule has 0 spiro atoms. The van der Waals surface area contributed by atoms with Gasteiger partial charge in [-0.15, -0.1) is 11.8 Å². The summed E-state index contributed by atoms with van der Waals surface area (Å²) in [4.78, 5) is 4.47. The topological polar surface area (TPSA) is 51.0 Å². The highest BCUT2D eigenvalue weighted by atomic mass is 32.2. The highest BCUT2D eigenvalue weighted by Gasteiger charge is 2.28. The van der Waals surface area contributed by atoms with Crippen molar-refractivity contribution in [1.82, 2.24) is 15.5 Å². The predicted molar refractivity (Wildman–Crippen MR) is 69.0 cm³/mol. The Morgan fingerprint density at radius 1 is 1.44 bits per heavy atom. The third-order valence-corrected chi connectivity index (χ3v) is 5.60. The van der Waals surface area contributed by atoms with Crippen molar-refractivity contribution in [2.45, 2.75) is 23.8 Å². The van der Waals surface area contributed by atoms with Gasteiger partial charge in [0.2, 0.25) is 5.89 Å². The third-order valence-electron chi connectivity index (χ3n) is 2.51. The lowest BCUT2D eigenvalue weighted by atomic mass is 10.3. The molecule has 6 heteroatoms. The van der Waals surface area contributed by atoms with Gasteiger partial charge in [0.15, 0.2) is 5.82 Å². The van der Waals surface area contributed by atoms with Crippen molar-refractivity contribution in [3.8, 4) is 0 Å². The fourth-order valence-corrected chi connectivity index (χ4v) is 4.31. The molecule has 16 heavy (non-hydrogen) atoms. The largest absolute Gasteiger partial charge is 0.339 e. The molecule has 0 aromatic carbocycles. The molecular weight excluding hydrogens is 242 g/mol. The summed E-state index contributed by atoms with van der Waals surface area (Å²) in [6, 6.07) is 0. The van der Waals surface area contributed by atoms with Crippen molar-refractivity contribution in [2.75, 3.05) is 25.1 Å². The summed E-state index contributed by atoms with van der Waals surface area (Å²) in [6.07, 6.45) is 0.808. The van der Waals surface area contributed by atoms with Crippen LogP contribution in [-0.2, 0) is 6.42 Å². The first-order valence-corrected chi connectivity index (χ1v) is 7.61. The zero-order valence-electron chi connectivity index (χ0n) is 9.60. The van der Waals surface area contributed by atoms with Gasteiger partial charge < -0.3 is 9.84 Å². The second-order valence-corrected chi connectivity index (χ2v) is 6.50. The standard InChI is InChI=1S/C10H17N3OS2/c1-7-9(16-6-5-15-7)10-12-8(14-13-10)3-4-11-2/h7,9,11H,3-6H2,1-2H3. The maximum absolute atomic E-state index is 5.24. The fourth-order valence-electron chi connectivity index (χ4n) is 1.63. The molecule has 4 nitrogen and oxygen atoms in total. The van der Waals surface area contributed by atoms with Crippen molar-refractivity contribution in [3.05, 3.63) is 11.7 Å². The van der Waals surface area contributed by atoms with Gasteiger partial charge in [-0.2, -0.15) is 16.7 Å². The number of rotatable bonds is 4. The van der Waals surface area contributed by atoms with Crippen LogP contribution in [-0.4, -0.2) is 40.5 Å². The van der Waals surface area contributed by atoms with Crippen LogP contribution < -0.4 is 5.32 Å². The monoisotopic (exact) mass is 259 g/mol. The van der Waals surface area contributed by atoms with Crippen molar-refractivity contribution >= 4 is 23.5 Å². The van der Waals surface area contributed by atoms with Crippen LogP contribution in [0.5, 0.6) is 0 Å². The van der Waals surface area contributed by atoms with Crippen LogP contribution in [0.15, 0.2) is 4.52 Å². The van der Waals surface area contributed by atoms with E-state index in [9.17, 15) is 0 Å². The lowest BCUT2D eigenvalue weighted by Crippen LogP contribution is -2.17. The number of hydrogen-bond acceptors (Lipinski definition) is 6. The Morgan fingerprint density at radius 3 is 3.00 bits per heavy atom. The van der Waals surface area contributed by atoms with Gasteiger partial charge in [-0.05, 0) is 7.05 Å². The molecule has 2 rings (SSSR count). The summed E-state index contributed by atoms with van der Waals surface area (Å²) in [7, 11) is 1.92. The second kappa shape index (κ2) is 5.93. The van der Waals surface area contributed by atoms with E-state index < -0.39 is 0 Å². The Hall–Kier alpha value is -0.200. The number of thioether (sulfide) groups is 2. The van der Waals surface area contributed by atoms with Crippen molar-refractivity contribution in [1.29, 1.82) is 0 Å². The Labute approximate surface area is 104 Å². The number of hydrogen-bond donors (Lipinski definition) is 1. The predicted octanol–water partition coefficient (Wildman–Crippen LogP) is 1.74. The first-order valence-electron chi connectivity index (χ1n) is 5.51. The van der Waals surface area contributed by atoms with Crippen LogP contribution in [0.1, 0.15) is 23.9 Å². The molecule has 1 fully saturated rings. The first-order chi connectivity index (χ1) is 7.81. The van der Waals surface area contributed by atoms with E-state index in [1.807, 2.05) is 30.6 Å². The minimum absolute atomic E-state index is 0.394. The van der Waals surface area contributed by atoms with Crippen LogP contribution in [0.3, 0.4) is 0 Å². The van der Waals surface area contributed by atoms with E-state index >= 15 is 0 Å². The Morgan fingerprint density at radius 2 is 2.25 bits per heavy atom. The molecule has 0 aliphatic carbocycles. The molecule has 1 aromatic heterocycles. The zero-order valence-corrected chi connectivity index (χ0v) is 11.2. The maximum atomic E-state index is 5.24. The summed E-state index contributed by atoms with van der Waals surface area (Å²) in [5.41, 5.74) is 0. The molecule has 0 amide bonds. The van der Waals surface area contributed by atoms with Gasteiger partial charge in [-0.1, -0.05) is 12.1 Å². The fraction of sp³-hybridized carbons (Fsp3) is 0.800.